The van der Waals surface area contributed by atoms with Crippen molar-refractivity contribution in [2.24, 2.45) is 0 Å². The zero-order valence-corrected chi connectivity index (χ0v) is 12.7. The number of methoxy groups -OCH3 is 2. The van der Waals surface area contributed by atoms with E-state index in [9.17, 15) is 0 Å². The lowest BCUT2D eigenvalue weighted by Crippen LogP contribution is -1.89. The molecular formula is C17H18N2O2. The Morgan fingerprint density at radius 1 is 0.905 bits per heavy atom. The molecule has 1 heterocycles. The summed E-state index contributed by atoms with van der Waals surface area (Å²) in [5, 5.41) is 0. The maximum Gasteiger partial charge on any atom is 0.138 e. The SMILES string of the molecule is COc1cc(OC)cc(-c2nc3c(C)cc(C)cc3[nH]2)c1. The van der Waals surface area contributed by atoms with Crippen molar-refractivity contribution in [1.29, 1.82) is 0 Å². The van der Waals surface area contributed by atoms with E-state index in [4.69, 9.17) is 14.5 Å². The molecule has 0 fully saturated rings. The Balaban J connectivity index is 2.18. The highest BCUT2D eigenvalue weighted by Gasteiger charge is 2.10. The van der Waals surface area contributed by atoms with Gasteiger partial charge in [-0.2, -0.15) is 0 Å². The van der Waals surface area contributed by atoms with E-state index in [2.05, 4.69) is 31.0 Å². The summed E-state index contributed by atoms with van der Waals surface area (Å²) in [5.74, 6) is 2.31. The molecule has 0 aliphatic carbocycles. The molecule has 108 valence electrons. The van der Waals surface area contributed by atoms with Gasteiger partial charge in [-0.1, -0.05) is 6.07 Å². The molecule has 2 aromatic carbocycles. The number of aromatic nitrogens is 2. The van der Waals surface area contributed by atoms with E-state index in [-0.39, 0.29) is 0 Å². The lowest BCUT2D eigenvalue weighted by atomic mass is 10.1. The van der Waals surface area contributed by atoms with E-state index < -0.39 is 0 Å². The number of aromatic amines is 1. The molecule has 21 heavy (non-hydrogen) atoms. The number of aryl methyl sites for hydroxylation is 2. The predicted molar refractivity (Wildman–Crippen MR) is 84.1 cm³/mol. The lowest BCUT2D eigenvalue weighted by molar-refractivity contribution is 0.394. The summed E-state index contributed by atoms with van der Waals surface area (Å²) in [6.07, 6.45) is 0. The maximum atomic E-state index is 5.31. The maximum absolute atomic E-state index is 5.31. The number of imidazole rings is 1. The Morgan fingerprint density at radius 2 is 1.57 bits per heavy atom. The Morgan fingerprint density at radius 3 is 2.19 bits per heavy atom. The normalized spacial score (nSPS) is 10.9. The fourth-order valence-corrected chi connectivity index (χ4v) is 2.55. The number of nitrogens with zero attached hydrogens (tertiary/aromatic N) is 1. The number of benzene rings is 2. The lowest BCUT2D eigenvalue weighted by Gasteiger charge is -2.06. The molecule has 0 atom stereocenters. The van der Waals surface area contributed by atoms with Crippen LogP contribution in [0.5, 0.6) is 11.5 Å². The second kappa shape index (κ2) is 5.13. The zero-order valence-electron chi connectivity index (χ0n) is 12.7. The monoisotopic (exact) mass is 282 g/mol. The first-order valence-electron chi connectivity index (χ1n) is 6.81. The number of hydrogen-bond donors (Lipinski definition) is 1. The van der Waals surface area contributed by atoms with Gasteiger partial charge >= 0.3 is 0 Å². The van der Waals surface area contributed by atoms with Crippen molar-refractivity contribution in [2.45, 2.75) is 13.8 Å². The summed E-state index contributed by atoms with van der Waals surface area (Å²) in [5.41, 5.74) is 5.38. The van der Waals surface area contributed by atoms with Gasteiger partial charge in [0.05, 0.1) is 25.3 Å². The molecule has 0 unspecified atom stereocenters. The quantitative estimate of drug-likeness (QED) is 0.793. The molecule has 4 nitrogen and oxygen atoms in total. The number of ether oxygens (including phenoxy) is 2. The third-order valence-electron chi connectivity index (χ3n) is 3.55. The van der Waals surface area contributed by atoms with Gasteiger partial charge in [0.15, 0.2) is 0 Å². The highest BCUT2D eigenvalue weighted by molar-refractivity contribution is 5.83. The average Bonchev–Trinajstić information content (AvgIpc) is 2.91. The minimum Gasteiger partial charge on any atom is -0.497 e. The molecule has 0 aliphatic rings. The van der Waals surface area contributed by atoms with Gasteiger partial charge in [0.25, 0.3) is 0 Å². The van der Waals surface area contributed by atoms with Crippen LogP contribution >= 0.6 is 0 Å². The third-order valence-corrected chi connectivity index (χ3v) is 3.55. The van der Waals surface area contributed by atoms with Crippen LogP contribution < -0.4 is 9.47 Å². The first-order chi connectivity index (χ1) is 10.1. The fourth-order valence-electron chi connectivity index (χ4n) is 2.55. The van der Waals surface area contributed by atoms with Crippen molar-refractivity contribution < 1.29 is 9.47 Å². The molecule has 0 amide bonds. The molecule has 0 spiro atoms. The van der Waals surface area contributed by atoms with Gasteiger partial charge in [-0.05, 0) is 43.2 Å². The number of rotatable bonds is 3. The Hall–Kier alpha value is -2.49. The van der Waals surface area contributed by atoms with Crippen LogP contribution in [-0.2, 0) is 0 Å². The largest absolute Gasteiger partial charge is 0.497 e. The predicted octanol–water partition coefficient (Wildman–Crippen LogP) is 3.86. The average molecular weight is 282 g/mol. The Bertz CT molecular complexity index is 784. The topological polar surface area (TPSA) is 47.1 Å². The van der Waals surface area contributed by atoms with Crippen LogP contribution in [-0.4, -0.2) is 24.2 Å². The Kier molecular flexibility index (Phi) is 3.29. The van der Waals surface area contributed by atoms with E-state index in [1.807, 2.05) is 18.2 Å². The molecule has 1 aromatic heterocycles. The summed E-state index contributed by atoms with van der Waals surface area (Å²) in [6.45, 7) is 4.16. The van der Waals surface area contributed by atoms with Gasteiger partial charge in [-0.15, -0.1) is 0 Å². The molecular weight excluding hydrogens is 264 g/mol. The van der Waals surface area contributed by atoms with Gasteiger partial charge in [-0.25, -0.2) is 4.98 Å². The minimum absolute atomic E-state index is 0.748. The van der Waals surface area contributed by atoms with Crippen molar-refractivity contribution in [2.75, 3.05) is 14.2 Å². The van der Waals surface area contributed by atoms with Crippen LogP contribution in [0.25, 0.3) is 22.4 Å². The summed E-state index contributed by atoms with van der Waals surface area (Å²) in [6, 6.07) is 9.99. The molecule has 4 heteroatoms. The molecule has 0 radical (unpaired) electrons. The standard InChI is InChI=1S/C17H18N2O2/c1-10-5-11(2)16-15(6-10)18-17(19-16)12-7-13(20-3)9-14(8-12)21-4/h5-9H,1-4H3,(H,18,19). The number of hydrogen-bond acceptors (Lipinski definition) is 3. The minimum atomic E-state index is 0.748. The summed E-state index contributed by atoms with van der Waals surface area (Å²) < 4.78 is 10.6. The molecule has 0 aliphatic heterocycles. The van der Waals surface area contributed by atoms with E-state index >= 15 is 0 Å². The third kappa shape index (κ3) is 2.44. The van der Waals surface area contributed by atoms with Crippen LogP contribution in [0, 0.1) is 13.8 Å². The van der Waals surface area contributed by atoms with Gasteiger partial charge in [0.1, 0.15) is 17.3 Å². The van der Waals surface area contributed by atoms with E-state index in [1.54, 1.807) is 14.2 Å². The Labute approximate surface area is 123 Å². The summed E-state index contributed by atoms with van der Waals surface area (Å²) in [7, 11) is 3.29. The van der Waals surface area contributed by atoms with Crippen molar-refractivity contribution in [3.05, 3.63) is 41.5 Å². The van der Waals surface area contributed by atoms with E-state index in [0.717, 1.165) is 33.9 Å². The number of fused-ring (bicyclic) bond motifs is 1. The first kappa shape index (κ1) is 13.5. The molecule has 0 saturated carbocycles. The van der Waals surface area contributed by atoms with Crippen LogP contribution in [0.1, 0.15) is 11.1 Å². The van der Waals surface area contributed by atoms with E-state index in [1.165, 1.54) is 11.1 Å². The highest BCUT2D eigenvalue weighted by Crippen LogP contribution is 2.30. The number of nitrogens with one attached hydrogen (secondary N) is 1. The highest BCUT2D eigenvalue weighted by atomic mass is 16.5. The van der Waals surface area contributed by atoms with Crippen molar-refractivity contribution in [1.82, 2.24) is 9.97 Å². The number of H-pyrrole nitrogens is 1. The van der Waals surface area contributed by atoms with E-state index in [0.29, 0.717) is 0 Å². The van der Waals surface area contributed by atoms with Crippen LogP contribution in [0.2, 0.25) is 0 Å². The van der Waals surface area contributed by atoms with Gasteiger partial charge in [-0.3, -0.25) is 0 Å². The second-order valence-corrected chi connectivity index (χ2v) is 5.16. The molecule has 3 aromatic rings. The van der Waals surface area contributed by atoms with Crippen molar-refractivity contribution in [3.8, 4) is 22.9 Å². The van der Waals surface area contributed by atoms with Crippen LogP contribution in [0.3, 0.4) is 0 Å². The molecule has 3 rings (SSSR count). The molecule has 1 N–H and O–H groups in total. The zero-order chi connectivity index (χ0) is 15.0. The van der Waals surface area contributed by atoms with Gasteiger partial charge in [0.2, 0.25) is 0 Å². The fraction of sp³-hybridized carbons (Fsp3) is 0.235. The summed E-state index contributed by atoms with van der Waals surface area (Å²) >= 11 is 0. The van der Waals surface area contributed by atoms with Crippen LogP contribution in [0.4, 0.5) is 0 Å². The van der Waals surface area contributed by atoms with Crippen molar-refractivity contribution >= 4 is 11.0 Å². The molecule has 0 saturated heterocycles. The first-order valence-corrected chi connectivity index (χ1v) is 6.81. The molecule has 0 bridgehead atoms. The van der Waals surface area contributed by atoms with Gasteiger partial charge < -0.3 is 14.5 Å². The van der Waals surface area contributed by atoms with Crippen molar-refractivity contribution in [3.63, 3.8) is 0 Å². The second-order valence-electron chi connectivity index (χ2n) is 5.16. The van der Waals surface area contributed by atoms with Gasteiger partial charge in [0, 0.05) is 11.6 Å². The summed E-state index contributed by atoms with van der Waals surface area (Å²) in [4.78, 5) is 8.08. The van der Waals surface area contributed by atoms with Crippen LogP contribution in [0.15, 0.2) is 30.3 Å². The smallest absolute Gasteiger partial charge is 0.138 e.